The molecule has 0 unspecified atom stereocenters. The molecule has 0 N–H and O–H groups in total. The van der Waals surface area contributed by atoms with Gasteiger partial charge < -0.3 is 9.47 Å². The van der Waals surface area contributed by atoms with E-state index in [0.717, 1.165) is 12.1 Å². The topological polar surface area (TPSA) is 86.7 Å². The molecule has 2 aromatic rings. The SMILES string of the molecule is O=C(C[C@@H]1CS(=O)(=O)C[C@H]1CC(=O)Oc1ccccc1F)Oc1ccccc1F. The van der Waals surface area contributed by atoms with Gasteiger partial charge in [0.25, 0.3) is 0 Å². The summed E-state index contributed by atoms with van der Waals surface area (Å²) >= 11 is 0. The Morgan fingerprint density at radius 1 is 0.793 bits per heavy atom. The maximum Gasteiger partial charge on any atom is 0.311 e. The van der Waals surface area contributed by atoms with Crippen molar-refractivity contribution in [3.05, 3.63) is 60.2 Å². The Kier molecular flexibility index (Phi) is 6.26. The number of sulfone groups is 1. The molecule has 6 nitrogen and oxygen atoms in total. The monoisotopic (exact) mass is 424 g/mol. The van der Waals surface area contributed by atoms with Crippen molar-refractivity contribution >= 4 is 21.8 Å². The normalized spacial score (nSPS) is 20.2. The summed E-state index contributed by atoms with van der Waals surface area (Å²) in [7, 11) is -3.46. The second-order valence-electron chi connectivity index (χ2n) is 6.81. The molecule has 0 aliphatic carbocycles. The molecular weight excluding hydrogens is 406 g/mol. The zero-order valence-electron chi connectivity index (χ0n) is 15.2. The minimum atomic E-state index is -3.46. The van der Waals surface area contributed by atoms with E-state index in [-0.39, 0.29) is 35.8 Å². The first-order valence-electron chi connectivity index (χ1n) is 8.84. The van der Waals surface area contributed by atoms with Gasteiger partial charge in [-0.15, -0.1) is 0 Å². The van der Waals surface area contributed by atoms with E-state index in [1.165, 1.54) is 36.4 Å². The number of carbonyl (C=O) groups is 2. The third-order valence-corrected chi connectivity index (χ3v) is 6.45. The molecule has 2 atom stereocenters. The fourth-order valence-corrected chi connectivity index (χ4v) is 5.48. The zero-order valence-corrected chi connectivity index (χ0v) is 16.0. The highest BCUT2D eigenvalue weighted by atomic mass is 32.2. The largest absolute Gasteiger partial charge is 0.423 e. The number of para-hydroxylation sites is 2. The van der Waals surface area contributed by atoms with Gasteiger partial charge in [0, 0.05) is 0 Å². The molecule has 2 aromatic carbocycles. The summed E-state index contributed by atoms with van der Waals surface area (Å²) in [5, 5.41) is 0. The summed E-state index contributed by atoms with van der Waals surface area (Å²) in [5.41, 5.74) is 0. The summed E-state index contributed by atoms with van der Waals surface area (Å²) < 4.78 is 61.2. The molecule has 0 bridgehead atoms. The Morgan fingerprint density at radius 3 is 1.55 bits per heavy atom. The van der Waals surface area contributed by atoms with Crippen molar-refractivity contribution in [2.75, 3.05) is 11.5 Å². The molecule has 1 fully saturated rings. The van der Waals surface area contributed by atoms with Crippen LogP contribution in [0.1, 0.15) is 12.8 Å². The number of hydrogen-bond acceptors (Lipinski definition) is 6. The van der Waals surface area contributed by atoms with E-state index >= 15 is 0 Å². The van der Waals surface area contributed by atoms with Gasteiger partial charge in [0.15, 0.2) is 33.0 Å². The van der Waals surface area contributed by atoms with Crippen LogP contribution in [-0.2, 0) is 19.4 Å². The molecule has 0 radical (unpaired) electrons. The smallest absolute Gasteiger partial charge is 0.311 e. The molecule has 0 spiro atoms. The standard InChI is InChI=1S/C20H18F2O6S/c21-15-5-1-3-7-17(15)27-19(23)9-13-11-29(25,26)12-14(13)10-20(24)28-18-8-4-2-6-16(18)22/h1-8,13-14H,9-12H2/t13-,14-/m1/s1. The van der Waals surface area contributed by atoms with Gasteiger partial charge in [0.05, 0.1) is 24.3 Å². The fourth-order valence-electron chi connectivity index (χ4n) is 3.26. The van der Waals surface area contributed by atoms with Gasteiger partial charge in [-0.1, -0.05) is 24.3 Å². The Bertz CT molecular complexity index is 946. The molecule has 0 amide bonds. The number of benzene rings is 2. The van der Waals surface area contributed by atoms with E-state index in [4.69, 9.17) is 9.47 Å². The lowest BCUT2D eigenvalue weighted by molar-refractivity contribution is -0.138. The number of hydrogen-bond donors (Lipinski definition) is 0. The molecule has 154 valence electrons. The highest BCUT2D eigenvalue weighted by Gasteiger charge is 2.40. The summed E-state index contributed by atoms with van der Waals surface area (Å²) in [6.07, 6.45) is -0.601. The minimum absolute atomic E-state index is 0.256. The van der Waals surface area contributed by atoms with E-state index in [1.807, 2.05) is 0 Å². The first-order chi connectivity index (χ1) is 13.7. The van der Waals surface area contributed by atoms with Gasteiger partial charge >= 0.3 is 11.9 Å². The maximum atomic E-state index is 13.6. The van der Waals surface area contributed by atoms with E-state index < -0.39 is 45.2 Å². The zero-order chi connectivity index (χ0) is 21.0. The van der Waals surface area contributed by atoms with Crippen LogP contribution in [-0.4, -0.2) is 31.9 Å². The number of carbonyl (C=O) groups excluding carboxylic acids is 2. The fraction of sp³-hybridized carbons (Fsp3) is 0.300. The van der Waals surface area contributed by atoms with Crippen LogP contribution in [0.2, 0.25) is 0 Å². The number of rotatable bonds is 6. The van der Waals surface area contributed by atoms with Gasteiger partial charge in [-0.2, -0.15) is 0 Å². The summed E-state index contributed by atoms with van der Waals surface area (Å²) in [6, 6.07) is 10.7. The Hall–Kier alpha value is -2.81. The predicted octanol–water partition coefficient (Wildman–Crippen LogP) is 2.92. The maximum absolute atomic E-state index is 13.6. The molecule has 1 aliphatic heterocycles. The Labute approximate surface area is 166 Å². The predicted molar refractivity (Wildman–Crippen MR) is 98.9 cm³/mol. The molecule has 9 heteroatoms. The quantitative estimate of drug-likeness (QED) is 0.524. The molecule has 3 rings (SSSR count). The van der Waals surface area contributed by atoms with E-state index in [2.05, 4.69) is 0 Å². The van der Waals surface area contributed by atoms with Gasteiger partial charge in [-0.05, 0) is 36.1 Å². The van der Waals surface area contributed by atoms with Gasteiger partial charge in [-0.25, -0.2) is 17.2 Å². The van der Waals surface area contributed by atoms with Crippen LogP contribution in [0.15, 0.2) is 48.5 Å². The first kappa shape index (κ1) is 20.9. The molecule has 1 heterocycles. The van der Waals surface area contributed by atoms with Crippen LogP contribution < -0.4 is 9.47 Å². The summed E-state index contributed by atoms with van der Waals surface area (Å²) in [6.45, 7) is 0. The highest BCUT2D eigenvalue weighted by molar-refractivity contribution is 7.91. The lowest BCUT2D eigenvalue weighted by Gasteiger charge is -2.16. The van der Waals surface area contributed by atoms with E-state index in [0.29, 0.717) is 0 Å². The van der Waals surface area contributed by atoms with Gasteiger partial charge in [0.1, 0.15) is 0 Å². The summed E-state index contributed by atoms with van der Waals surface area (Å²) in [5.74, 6) is -5.51. The van der Waals surface area contributed by atoms with Crippen LogP contribution in [0, 0.1) is 23.5 Å². The number of halogens is 2. The lowest BCUT2D eigenvalue weighted by atomic mass is 9.90. The van der Waals surface area contributed by atoms with Crippen LogP contribution in [0.3, 0.4) is 0 Å². The van der Waals surface area contributed by atoms with Crippen LogP contribution in [0.25, 0.3) is 0 Å². The third-order valence-electron chi connectivity index (χ3n) is 4.58. The van der Waals surface area contributed by atoms with Crippen molar-refractivity contribution < 1.29 is 36.3 Å². The number of ether oxygens (including phenoxy) is 2. The minimum Gasteiger partial charge on any atom is -0.423 e. The average molecular weight is 424 g/mol. The highest BCUT2D eigenvalue weighted by Crippen LogP contribution is 2.32. The Balaban J connectivity index is 1.64. The summed E-state index contributed by atoms with van der Waals surface area (Å²) in [4.78, 5) is 24.3. The lowest BCUT2D eigenvalue weighted by Crippen LogP contribution is -2.24. The van der Waals surface area contributed by atoms with Crippen molar-refractivity contribution in [2.24, 2.45) is 11.8 Å². The Morgan fingerprint density at radius 2 is 1.17 bits per heavy atom. The van der Waals surface area contributed by atoms with Crippen molar-refractivity contribution in [1.82, 2.24) is 0 Å². The van der Waals surface area contributed by atoms with Crippen molar-refractivity contribution in [2.45, 2.75) is 12.8 Å². The third kappa shape index (κ3) is 5.60. The van der Waals surface area contributed by atoms with Crippen molar-refractivity contribution in [3.63, 3.8) is 0 Å². The molecular formula is C20H18F2O6S. The first-order valence-corrected chi connectivity index (χ1v) is 10.7. The van der Waals surface area contributed by atoms with Crippen LogP contribution >= 0.6 is 0 Å². The molecule has 0 aromatic heterocycles. The van der Waals surface area contributed by atoms with Crippen LogP contribution in [0.4, 0.5) is 8.78 Å². The molecule has 1 aliphatic rings. The van der Waals surface area contributed by atoms with Crippen molar-refractivity contribution in [1.29, 1.82) is 0 Å². The van der Waals surface area contributed by atoms with E-state index in [1.54, 1.807) is 0 Å². The molecule has 1 saturated heterocycles. The van der Waals surface area contributed by atoms with Crippen LogP contribution in [0.5, 0.6) is 11.5 Å². The number of esters is 2. The molecule has 29 heavy (non-hydrogen) atoms. The second-order valence-corrected chi connectivity index (χ2v) is 8.97. The van der Waals surface area contributed by atoms with Gasteiger partial charge in [0.2, 0.25) is 0 Å². The van der Waals surface area contributed by atoms with Crippen molar-refractivity contribution in [3.8, 4) is 11.5 Å². The van der Waals surface area contributed by atoms with Gasteiger partial charge in [-0.3, -0.25) is 9.59 Å². The van der Waals surface area contributed by atoms with E-state index in [9.17, 15) is 26.8 Å². The average Bonchev–Trinajstić information content (AvgIpc) is 2.92. The second kappa shape index (κ2) is 8.69. The molecule has 0 saturated carbocycles.